The fourth-order valence-electron chi connectivity index (χ4n) is 1.74. The number of carbonyl (C=O) groups is 1. The van der Waals surface area contributed by atoms with Gasteiger partial charge in [-0.2, -0.15) is 0 Å². The minimum Gasteiger partial charge on any atom is -0.393 e. The number of thiocarbonyl (C=S) groups is 1. The Hall–Kier alpha value is -0.640. The molecule has 4 heteroatoms. The zero-order valence-corrected chi connectivity index (χ0v) is 11.6. The van der Waals surface area contributed by atoms with Crippen molar-refractivity contribution in [1.29, 1.82) is 0 Å². The van der Waals surface area contributed by atoms with Crippen molar-refractivity contribution in [3.8, 4) is 0 Å². The van der Waals surface area contributed by atoms with Crippen LogP contribution in [-0.4, -0.2) is 28.4 Å². The van der Waals surface area contributed by atoms with Crippen molar-refractivity contribution in [3.63, 3.8) is 0 Å². The molecule has 16 heavy (non-hydrogen) atoms. The van der Waals surface area contributed by atoms with Crippen molar-refractivity contribution in [1.82, 2.24) is 4.90 Å². The largest absolute Gasteiger partial charge is 0.393 e. The molecule has 1 amide bonds. The van der Waals surface area contributed by atoms with Crippen LogP contribution in [0.3, 0.4) is 0 Å². The van der Waals surface area contributed by atoms with Gasteiger partial charge in [0.2, 0.25) is 5.91 Å². The first-order chi connectivity index (χ1) is 7.45. The van der Waals surface area contributed by atoms with Crippen molar-refractivity contribution >= 4 is 23.1 Å². The number of nitrogens with two attached hydrogens (primary N) is 1. The van der Waals surface area contributed by atoms with Crippen LogP contribution in [0.1, 0.15) is 47.0 Å². The van der Waals surface area contributed by atoms with E-state index < -0.39 is 0 Å². The molecule has 0 fully saturated rings. The maximum Gasteiger partial charge on any atom is 0.232 e. The Morgan fingerprint density at radius 3 is 2.19 bits per heavy atom. The lowest BCUT2D eigenvalue weighted by molar-refractivity contribution is -0.135. The Morgan fingerprint density at radius 1 is 1.31 bits per heavy atom. The molecule has 0 radical (unpaired) electrons. The number of nitrogens with zero attached hydrogens (tertiary/aromatic N) is 1. The summed E-state index contributed by atoms with van der Waals surface area (Å²) in [6, 6.07) is 0.209. The highest BCUT2D eigenvalue weighted by molar-refractivity contribution is 7.80. The molecule has 3 nitrogen and oxygen atoms in total. The predicted molar refractivity (Wildman–Crippen MR) is 72.3 cm³/mol. The van der Waals surface area contributed by atoms with Gasteiger partial charge in [0.25, 0.3) is 0 Å². The van der Waals surface area contributed by atoms with Crippen LogP contribution in [0.25, 0.3) is 0 Å². The second-order valence-electron chi connectivity index (χ2n) is 4.37. The highest BCUT2D eigenvalue weighted by atomic mass is 32.1. The van der Waals surface area contributed by atoms with Crippen molar-refractivity contribution in [3.05, 3.63) is 0 Å². The molecule has 1 unspecified atom stereocenters. The van der Waals surface area contributed by atoms with Crippen LogP contribution in [-0.2, 0) is 4.79 Å². The summed E-state index contributed by atoms with van der Waals surface area (Å²) in [7, 11) is 0. The van der Waals surface area contributed by atoms with E-state index in [-0.39, 0.29) is 17.9 Å². The van der Waals surface area contributed by atoms with Crippen LogP contribution in [0.2, 0.25) is 0 Å². The zero-order valence-electron chi connectivity index (χ0n) is 10.8. The molecule has 2 N–H and O–H groups in total. The number of hydrogen-bond donors (Lipinski definition) is 1. The van der Waals surface area contributed by atoms with E-state index in [0.29, 0.717) is 4.99 Å². The van der Waals surface area contributed by atoms with Gasteiger partial charge in [-0.15, -0.1) is 0 Å². The first-order valence-electron chi connectivity index (χ1n) is 6.05. The molecule has 0 saturated heterocycles. The lowest BCUT2D eigenvalue weighted by atomic mass is 10.0. The number of carbonyl (C=O) groups excluding carboxylic acids is 1. The monoisotopic (exact) mass is 244 g/mol. The van der Waals surface area contributed by atoms with Gasteiger partial charge in [-0.1, -0.05) is 32.5 Å². The van der Waals surface area contributed by atoms with Crippen LogP contribution in [0.15, 0.2) is 0 Å². The SMILES string of the molecule is CCCC(C(=O)N(CCC)C(C)C)C(N)=S. The van der Waals surface area contributed by atoms with Crippen LogP contribution >= 0.6 is 12.2 Å². The zero-order chi connectivity index (χ0) is 12.7. The minimum absolute atomic E-state index is 0.0891. The predicted octanol–water partition coefficient (Wildman–Crippen LogP) is 2.34. The highest BCUT2D eigenvalue weighted by Gasteiger charge is 2.26. The summed E-state index contributed by atoms with van der Waals surface area (Å²) < 4.78 is 0. The molecule has 0 spiro atoms. The summed E-state index contributed by atoms with van der Waals surface area (Å²) in [5, 5.41) is 0. The average Bonchev–Trinajstić information content (AvgIpc) is 2.20. The van der Waals surface area contributed by atoms with E-state index in [0.717, 1.165) is 25.8 Å². The standard InChI is InChI=1S/C12H24N2OS/c1-5-7-10(11(13)16)12(15)14(8-6-2)9(3)4/h9-10H,5-8H2,1-4H3,(H2,13,16). The van der Waals surface area contributed by atoms with Crippen LogP contribution in [0.5, 0.6) is 0 Å². The van der Waals surface area contributed by atoms with Crippen molar-refractivity contribution in [2.75, 3.05) is 6.54 Å². The quantitative estimate of drug-likeness (QED) is 0.699. The lowest BCUT2D eigenvalue weighted by Crippen LogP contribution is -2.45. The molecule has 94 valence electrons. The van der Waals surface area contributed by atoms with Gasteiger partial charge in [-0.05, 0) is 26.7 Å². The van der Waals surface area contributed by atoms with E-state index in [1.54, 1.807) is 0 Å². The van der Waals surface area contributed by atoms with Gasteiger partial charge in [-0.3, -0.25) is 4.79 Å². The van der Waals surface area contributed by atoms with Gasteiger partial charge >= 0.3 is 0 Å². The van der Waals surface area contributed by atoms with Crippen molar-refractivity contribution in [2.24, 2.45) is 11.7 Å². The molecule has 1 atom stereocenters. The summed E-state index contributed by atoms with van der Waals surface area (Å²) >= 11 is 4.98. The number of hydrogen-bond acceptors (Lipinski definition) is 2. The van der Waals surface area contributed by atoms with Crippen molar-refractivity contribution < 1.29 is 4.79 Å². The molecular weight excluding hydrogens is 220 g/mol. The van der Waals surface area contributed by atoms with Gasteiger partial charge in [0.05, 0.1) is 10.9 Å². The van der Waals surface area contributed by atoms with Gasteiger partial charge in [-0.25, -0.2) is 0 Å². The third kappa shape index (κ3) is 4.47. The minimum atomic E-state index is -0.283. The fraction of sp³-hybridized carbons (Fsp3) is 0.833. The first kappa shape index (κ1) is 15.4. The number of rotatable bonds is 7. The molecule has 0 rings (SSSR count). The maximum absolute atomic E-state index is 12.3. The second-order valence-corrected chi connectivity index (χ2v) is 4.84. The summed E-state index contributed by atoms with van der Waals surface area (Å²) in [5.41, 5.74) is 5.64. The smallest absolute Gasteiger partial charge is 0.232 e. The molecule has 0 aliphatic heterocycles. The maximum atomic E-state index is 12.3. The highest BCUT2D eigenvalue weighted by Crippen LogP contribution is 2.14. The lowest BCUT2D eigenvalue weighted by Gasteiger charge is -2.30. The summed E-state index contributed by atoms with van der Waals surface area (Å²) in [6.45, 7) is 8.93. The summed E-state index contributed by atoms with van der Waals surface area (Å²) in [4.78, 5) is 14.5. The van der Waals surface area contributed by atoms with E-state index >= 15 is 0 Å². The molecule has 0 aromatic carbocycles. The average molecular weight is 244 g/mol. The third-order valence-electron chi connectivity index (χ3n) is 2.59. The van der Waals surface area contributed by atoms with Gasteiger partial charge < -0.3 is 10.6 Å². The molecule has 0 saturated carbocycles. The summed E-state index contributed by atoms with van der Waals surface area (Å²) in [5.74, 6) is -0.194. The van der Waals surface area contributed by atoms with E-state index in [4.69, 9.17) is 18.0 Å². The molecular formula is C12H24N2OS. The van der Waals surface area contributed by atoms with Crippen LogP contribution in [0.4, 0.5) is 0 Å². The van der Waals surface area contributed by atoms with Crippen LogP contribution in [0, 0.1) is 5.92 Å². The summed E-state index contributed by atoms with van der Waals surface area (Å²) in [6.07, 6.45) is 2.63. The first-order valence-corrected chi connectivity index (χ1v) is 6.46. The van der Waals surface area contributed by atoms with E-state index in [9.17, 15) is 4.79 Å². The topological polar surface area (TPSA) is 46.3 Å². The Balaban J connectivity index is 4.72. The molecule has 0 aromatic heterocycles. The van der Waals surface area contributed by atoms with Gasteiger partial charge in [0, 0.05) is 12.6 Å². The van der Waals surface area contributed by atoms with E-state index in [1.165, 1.54) is 0 Å². The molecule has 0 aliphatic carbocycles. The molecule has 0 bridgehead atoms. The Bertz CT molecular complexity index is 241. The molecule has 0 aliphatic rings. The van der Waals surface area contributed by atoms with E-state index in [2.05, 4.69) is 6.92 Å². The fourth-order valence-corrected chi connectivity index (χ4v) is 1.96. The number of amides is 1. The Kier molecular flexibility index (Phi) is 7.30. The molecule has 0 heterocycles. The second kappa shape index (κ2) is 7.60. The normalized spacial score (nSPS) is 12.6. The van der Waals surface area contributed by atoms with Gasteiger partial charge in [0.15, 0.2) is 0 Å². The third-order valence-corrected chi connectivity index (χ3v) is 2.87. The van der Waals surface area contributed by atoms with E-state index in [1.807, 2.05) is 25.7 Å². The van der Waals surface area contributed by atoms with Gasteiger partial charge in [0.1, 0.15) is 0 Å². The molecule has 0 aromatic rings. The van der Waals surface area contributed by atoms with Crippen LogP contribution < -0.4 is 5.73 Å². The van der Waals surface area contributed by atoms with Crippen molar-refractivity contribution in [2.45, 2.75) is 53.0 Å². The Morgan fingerprint density at radius 2 is 1.88 bits per heavy atom. The Labute approximate surface area is 104 Å².